The molecule has 1 aromatic rings. The van der Waals surface area contributed by atoms with Crippen LogP contribution in [0.2, 0.25) is 0 Å². The van der Waals surface area contributed by atoms with E-state index in [-0.39, 0.29) is 12.0 Å². The molecule has 1 saturated heterocycles. The van der Waals surface area contributed by atoms with Crippen LogP contribution in [0.3, 0.4) is 0 Å². The Balaban J connectivity index is 2.21. The molecule has 0 radical (unpaired) electrons. The highest BCUT2D eigenvalue weighted by molar-refractivity contribution is 5.37. The molecule has 0 N–H and O–H groups in total. The highest BCUT2D eigenvalue weighted by atomic mass is 16.5. The van der Waals surface area contributed by atoms with Gasteiger partial charge in [0.25, 0.3) is 0 Å². The van der Waals surface area contributed by atoms with E-state index < -0.39 is 0 Å². The zero-order chi connectivity index (χ0) is 12.1. The first-order valence-corrected chi connectivity index (χ1v) is 5.64. The van der Waals surface area contributed by atoms with Gasteiger partial charge in [-0.1, -0.05) is 12.1 Å². The van der Waals surface area contributed by atoms with Crippen LogP contribution in [0, 0.1) is 5.92 Å². The van der Waals surface area contributed by atoms with E-state index in [4.69, 9.17) is 9.47 Å². The molecule has 17 heavy (non-hydrogen) atoms. The van der Waals surface area contributed by atoms with Crippen molar-refractivity contribution >= 4 is 6.08 Å². The molecule has 1 aliphatic heterocycles. The molecule has 4 nitrogen and oxygen atoms in total. The summed E-state index contributed by atoms with van der Waals surface area (Å²) in [5.41, 5.74) is 1.00. The van der Waals surface area contributed by atoms with E-state index >= 15 is 0 Å². The van der Waals surface area contributed by atoms with Crippen molar-refractivity contribution in [2.45, 2.75) is 12.5 Å². The molecule has 4 heteroatoms. The fraction of sp³-hybridized carbons (Fsp3) is 0.462. The van der Waals surface area contributed by atoms with Crippen LogP contribution < -0.4 is 4.74 Å². The predicted molar refractivity (Wildman–Crippen MR) is 62.8 cm³/mol. The summed E-state index contributed by atoms with van der Waals surface area (Å²) in [5, 5.41) is 0. The fourth-order valence-corrected chi connectivity index (χ4v) is 2.11. The van der Waals surface area contributed by atoms with Crippen molar-refractivity contribution < 1.29 is 14.3 Å². The van der Waals surface area contributed by atoms with E-state index in [0.717, 1.165) is 24.3 Å². The Hall–Kier alpha value is -1.64. The molecule has 2 atom stereocenters. The Morgan fingerprint density at radius 2 is 2.24 bits per heavy atom. The third-order valence-corrected chi connectivity index (χ3v) is 3.06. The molecule has 0 saturated carbocycles. The minimum absolute atomic E-state index is 0.152. The Morgan fingerprint density at radius 1 is 1.47 bits per heavy atom. The summed E-state index contributed by atoms with van der Waals surface area (Å²) >= 11 is 0. The molecule has 1 aromatic carbocycles. The van der Waals surface area contributed by atoms with Crippen LogP contribution >= 0.6 is 0 Å². The van der Waals surface area contributed by atoms with Gasteiger partial charge in [-0.15, -0.1) is 0 Å². The molecule has 2 unspecified atom stereocenters. The van der Waals surface area contributed by atoms with Crippen molar-refractivity contribution in [3.05, 3.63) is 29.8 Å². The predicted octanol–water partition coefficient (Wildman–Crippen LogP) is 2.11. The van der Waals surface area contributed by atoms with Crippen molar-refractivity contribution in [2.24, 2.45) is 10.9 Å². The van der Waals surface area contributed by atoms with Gasteiger partial charge in [-0.05, 0) is 24.1 Å². The van der Waals surface area contributed by atoms with Crippen LogP contribution in [0.25, 0.3) is 0 Å². The molecule has 1 aliphatic rings. The van der Waals surface area contributed by atoms with Gasteiger partial charge < -0.3 is 9.47 Å². The molecule has 0 aromatic heterocycles. The summed E-state index contributed by atoms with van der Waals surface area (Å²) < 4.78 is 10.4. The number of hydrogen-bond donors (Lipinski definition) is 0. The fourth-order valence-electron chi connectivity index (χ4n) is 2.11. The molecular weight excluding hydrogens is 218 g/mol. The van der Waals surface area contributed by atoms with Crippen LogP contribution in [0.4, 0.5) is 0 Å². The third kappa shape index (κ3) is 2.73. The van der Waals surface area contributed by atoms with Crippen LogP contribution in [0.5, 0.6) is 5.75 Å². The minimum atomic E-state index is -0.152. The maximum Gasteiger partial charge on any atom is 0.235 e. The van der Waals surface area contributed by atoms with Gasteiger partial charge in [-0.3, -0.25) is 0 Å². The standard InChI is InChI=1S/C13H15NO3/c1-16-12-4-2-10(3-5-12)13(14-9-15)11-6-7-17-8-11/h2-5,11,13H,6-8H2,1H3. The second-order valence-electron chi connectivity index (χ2n) is 4.06. The largest absolute Gasteiger partial charge is 0.497 e. The van der Waals surface area contributed by atoms with E-state index in [9.17, 15) is 4.79 Å². The lowest BCUT2D eigenvalue weighted by Crippen LogP contribution is -2.11. The molecule has 2 rings (SSSR count). The lowest BCUT2D eigenvalue weighted by Gasteiger charge is -2.17. The van der Waals surface area contributed by atoms with E-state index in [1.54, 1.807) is 13.2 Å². The average Bonchev–Trinajstić information content (AvgIpc) is 2.90. The van der Waals surface area contributed by atoms with Crippen molar-refractivity contribution in [3.63, 3.8) is 0 Å². The van der Waals surface area contributed by atoms with Gasteiger partial charge >= 0.3 is 0 Å². The summed E-state index contributed by atoms with van der Waals surface area (Å²) in [6.45, 7) is 1.40. The van der Waals surface area contributed by atoms with Crippen molar-refractivity contribution in [3.8, 4) is 5.75 Å². The summed E-state index contributed by atoms with van der Waals surface area (Å²) in [4.78, 5) is 14.4. The Kier molecular flexibility index (Phi) is 3.91. The van der Waals surface area contributed by atoms with E-state index in [0.29, 0.717) is 6.61 Å². The highest BCUT2D eigenvalue weighted by Gasteiger charge is 2.26. The number of carbonyl (C=O) groups excluding carboxylic acids is 1. The Bertz CT molecular complexity index is 403. The number of isocyanates is 1. The van der Waals surface area contributed by atoms with Crippen LogP contribution in [-0.4, -0.2) is 26.4 Å². The van der Waals surface area contributed by atoms with E-state index in [2.05, 4.69) is 4.99 Å². The number of benzene rings is 1. The van der Waals surface area contributed by atoms with Crippen molar-refractivity contribution in [1.29, 1.82) is 0 Å². The minimum Gasteiger partial charge on any atom is -0.497 e. The molecule has 0 amide bonds. The van der Waals surface area contributed by atoms with Crippen LogP contribution in [-0.2, 0) is 9.53 Å². The summed E-state index contributed by atoms with van der Waals surface area (Å²) in [5.74, 6) is 1.06. The molecule has 1 heterocycles. The maximum absolute atomic E-state index is 10.5. The van der Waals surface area contributed by atoms with Crippen molar-refractivity contribution in [2.75, 3.05) is 20.3 Å². The Morgan fingerprint density at radius 3 is 2.76 bits per heavy atom. The summed E-state index contributed by atoms with van der Waals surface area (Å²) in [6, 6.07) is 7.46. The number of aliphatic imine (C=N–C) groups is 1. The van der Waals surface area contributed by atoms with Crippen molar-refractivity contribution in [1.82, 2.24) is 0 Å². The lowest BCUT2D eigenvalue weighted by molar-refractivity contribution is 0.181. The zero-order valence-corrected chi connectivity index (χ0v) is 9.76. The highest BCUT2D eigenvalue weighted by Crippen LogP contribution is 2.32. The molecular formula is C13H15NO3. The van der Waals surface area contributed by atoms with Gasteiger partial charge in [0.2, 0.25) is 6.08 Å². The van der Waals surface area contributed by atoms with Gasteiger partial charge in [-0.2, -0.15) is 4.99 Å². The smallest absolute Gasteiger partial charge is 0.235 e. The van der Waals surface area contributed by atoms with E-state index in [1.165, 1.54) is 0 Å². The SMILES string of the molecule is COc1ccc(C(N=C=O)C2CCOC2)cc1. The second-order valence-corrected chi connectivity index (χ2v) is 4.06. The molecule has 90 valence electrons. The topological polar surface area (TPSA) is 47.9 Å². The van der Waals surface area contributed by atoms with Gasteiger partial charge in [0.05, 0.1) is 19.8 Å². The normalized spacial score (nSPS) is 20.6. The molecule has 0 spiro atoms. The summed E-state index contributed by atoms with van der Waals surface area (Å²) in [7, 11) is 1.63. The number of methoxy groups -OCH3 is 1. The van der Waals surface area contributed by atoms with Gasteiger partial charge in [0.15, 0.2) is 0 Å². The second kappa shape index (κ2) is 5.62. The number of hydrogen-bond acceptors (Lipinski definition) is 4. The Labute approximate surface area is 100 Å². The van der Waals surface area contributed by atoms with Crippen LogP contribution in [0.15, 0.2) is 29.3 Å². The first kappa shape index (κ1) is 11.8. The monoisotopic (exact) mass is 233 g/mol. The lowest BCUT2D eigenvalue weighted by atomic mass is 9.93. The number of nitrogens with zero attached hydrogens (tertiary/aromatic N) is 1. The quantitative estimate of drug-likeness (QED) is 0.591. The van der Waals surface area contributed by atoms with Gasteiger partial charge in [0, 0.05) is 12.5 Å². The summed E-state index contributed by atoms with van der Waals surface area (Å²) in [6.07, 6.45) is 2.59. The first-order chi connectivity index (χ1) is 8.35. The third-order valence-electron chi connectivity index (χ3n) is 3.06. The van der Waals surface area contributed by atoms with Gasteiger partial charge in [-0.25, -0.2) is 4.79 Å². The van der Waals surface area contributed by atoms with E-state index in [1.807, 2.05) is 24.3 Å². The molecule has 0 bridgehead atoms. The maximum atomic E-state index is 10.5. The molecule has 1 fully saturated rings. The number of rotatable bonds is 4. The molecule has 0 aliphatic carbocycles. The average molecular weight is 233 g/mol. The zero-order valence-electron chi connectivity index (χ0n) is 9.76. The van der Waals surface area contributed by atoms with Crippen LogP contribution in [0.1, 0.15) is 18.0 Å². The number of ether oxygens (including phenoxy) is 2. The first-order valence-electron chi connectivity index (χ1n) is 5.64. The van der Waals surface area contributed by atoms with Gasteiger partial charge in [0.1, 0.15) is 5.75 Å².